The van der Waals surface area contributed by atoms with Crippen LogP contribution >= 0.6 is 12.6 Å². The molecule has 0 aliphatic heterocycles. The van der Waals surface area contributed by atoms with Crippen LogP contribution in [0.3, 0.4) is 0 Å². The van der Waals surface area contributed by atoms with Crippen LogP contribution in [-0.2, 0) is 7.05 Å². The zero-order chi connectivity index (χ0) is 10.3. The van der Waals surface area contributed by atoms with Gasteiger partial charge in [0.15, 0.2) is 0 Å². The molecule has 1 atom stereocenters. The molecule has 0 bridgehead atoms. The van der Waals surface area contributed by atoms with Crippen LogP contribution in [0.2, 0.25) is 0 Å². The summed E-state index contributed by atoms with van der Waals surface area (Å²) >= 11 is 4.33. The Labute approximate surface area is 87.1 Å². The number of aromatic nitrogens is 2. The van der Waals surface area contributed by atoms with E-state index in [-0.39, 0.29) is 11.1 Å². The number of thiol groups is 1. The smallest absolute Gasteiger partial charge is 0.125 e. The van der Waals surface area contributed by atoms with Crippen LogP contribution in [0.25, 0.3) is 10.9 Å². The fourth-order valence-corrected chi connectivity index (χ4v) is 1.76. The van der Waals surface area contributed by atoms with Gasteiger partial charge in [-0.2, -0.15) is 17.7 Å². The number of benzene rings is 1. The normalized spacial score (nSPS) is 13.4. The summed E-state index contributed by atoms with van der Waals surface area (Å²) in [6.07, 6.45) is 0. The van der Waals surface area contributed by atoms with Crippen LogP contribution in [-0.4, -0.2) is 9.78 Å². The van der Waals surface area contributed by atoms with Crippen molar-refractivity contribution in [3.8, 4) is 0 Å². The van der Waals surface area contributed by atoms with E-state index in [4.69, 9.17) is 0 Å². The first-order chi connectivity index (χ1) is 6.59. The van der Waals surface area contributed by atoms with Gasteiger partial charge in [0, 0.05) is 17.7 Å². The summed E-state index contributed by atoms with van der Waals surface area (Å²) in [4.78, 5) is 0. The first-order valence-corrected chi connectivity index (χ1v) is 4.91. The minimum absolute atomic E-state index is 0.0594. The zero-order valence-electron chi connectivity index (χ0n) is 8.03. The van der Waals surface area contributed by atoms with Crippen molar-refractivity contribution < 1.29 is 4.39 Å². The van der Waals surface area contributed by atoms with Gasteiger partial charge in [0.2, 0.25) is 0 Å². The van der Waals surface area contributed by atoms with E-state index in [0.717, 1.165) is 16.6 Å². The van der Waals surface area contributed by atoms with E-state index in [2.05, 4.69) is 17.7 Å². The lowest BCUT2D eigenvalue weighted by Gasteiger charge is -1.98. The molecule has 0 amide bonds. The predicted octanol–water partition coefficient (Wildman–Crippen LogP) is 2.70. The van der Waals surface area contributed by atoms with Gasteiger partial charge in [0.1, 0.15) is 5.82 Å². The molecule has 14 heavy (non-hydrogen) atoms. The van der Waals surface area contributed by atoms with Crippen molar-refractivity contribution in [2.45, 2.75) is 12.2 Å². The molecule has 1 heterocycles. The van der Waals surface area contributed by atoms with Gasteiger partial charge in [-0.3, -0.25) is 4.68 Å². The van der Waals surface area contributed by atoms with Gasteiger partial charge >= 0.3 is 0 Å². The van der Waals surface area contributed by atoms with E-state index < -0.39 is 0 Å². The molecule has 0 radical (unpaired) electrons. The van der Waals surface area contributed by atoms with E-state index >= 15 is 0 Å². The van der Waals surface area contributed by atoms with Crippen molar-refractivity contribution in [3.63, 3.8) is 0 Å². The van der Waals surface area contributed by atoms with E-state index in [1.54, 1.807) is 17.8 Å². The topological polar surface area (TPSA) is 17.8 Å². The summed E-state index contributed by atoms with van der Waals surface area (Å²) in [5.74, 6) is -0.237. The summed E-state index contributed by atoms with van der Waals surface area (Å²) in [6, 6.07) is 4.69. The number of halogens is 1. The Balaban J connectivity index is 2.77. The van der Waals surface area contributed by atoms with Gasteiger partial charge in [0.25, 0.3) is 0 Å². The van der Waals surface area contributed by atoms with Crippen LogP contribution in [0, 0.1) is 5.82 Å². The SMILES string of the molecule is CC(S)c1nn(C)c2cc(F)ccc12. The molecular formula is C10H11FN2S. The highest BCUT2D eigenvalue weighted by atomic mass is 32.1. The van der Waals surface area contributed by atoms with Crippen molar-refractivity contribution in [3.05, 3.63) is 29.7 Å². The largest absolute Gasteiger partial charge is 0.268 e. The van der Waals surface area contributed by atoms with Crippen molar-refractivity contribution >= 4 is 23.5 Å². The van der Waals surface area contributed by atoms with Crippen molar-refractivity contribution in [2.24, 2.45) is 7.05 Å². The molecular weight excluding hydrogens is 199 g/mol. The number of aryl methyl sites for hydroxylation is 1. The maximum atomic E-state index is 13.0. The molecule has 0 saturated heterocycles. The van der Waals surface area contributed by atoms with Gasteiger partial charge in [-0.05, 0) is 25.1 Å². The number of rotatable bonds is 1. The van der Waals surface area contributed by atoms with Crippen molar-refractivity contribution in [2.75, 3.05) is 0 Å². The molecule has 1 aromatic carbocycles. The Morgan fingerprint density at radius 2 is 2.21 bits per heavy atom. The maximum absolute atomic E-state index is 13.0. The minimum atomic E-state index is -0.237. The third-order valence-electron chi connectivity index (χ3n) is 2.24. The molecule has 2 nitrogen and oxygen atoms in total. The third-order valence-corrected chi connectivity index (χ3v) is 2.48. The van der Waals surface area contributed by atoms with Crippen LogP contribution in [0.4, 0.5) is 4.39 Å². The Morgan fingerprint density at radius 1 is 1.50 bits per heavy atom. The monoisotopic (exact) mass is 210 g/mol. The highest BCUT2D eigenvalue weighted by Crippen LogP contribution is 2.26. The average molecular weight is 210 g/mol. The quantitative estimate of drug-likeness (QED) is 0.716. The molecule has 0 fully saturated rings. The second kappa shape index (κ2) is 3.28. The van der Waals surface area contributed by atoms with Gasteiger partial charge in [-0.1, -0.05) is 0 Å². The number of hydrogen-bond acceptors (Lipinski definition) is 2. The zero-order valence-corrected chi connectivity index (χ0v) is 8.92. The van der Waals surface area contributed by atoms with Gasteiger partial charge in [-0.25, -0.2) is 4.39 Å². The van der Waals surface area contributed by atoms with Gasteiger partial charge in [0.05, 0.1) is 11.2 Å². The molecule has 0 spiro atoms. The maximum Gasteiger partial charge on any atom is 0.125 e. The summed E-state index contributed by atoms with van der Waals surface area (Å²) in [5, 5.41) is 5.33. The molecule has 0 aliphatic rings. The molecule has 2 aromatic rings. The van der Waals surface area contributed by atoms with Gasteiger partial charge < -0.3 is 0 Å². The van der Waals surface area contributed by atoms with Crippen LogP contribution in [0.1, 0.15) is 17.9 Å². The summed E-state index contributed by atoms with van der Waals surface area (Å²) in [6.45, 7) is 1.95. The number of hydrogen-bond donors (Lipinski definition) is 1. The summed E-state index contributed by atoms with van der Waals surface area (Å²) in [7, 11) is 1.81. The Kier molecular flexibility index (Phi) is 2.23. The molecule has 1 unspecified atom stereocenters. The second-order valence-electron chi connectivity index (χ2n) is 3.35. The second-order valence-corrected chi connectivity index (χ2v) is 4.12. The van der Waals surface area contributed by atoms with Crippen LogP contribution < -0.4 is 0 Å². The molecule has 74 valence electrons. The van der Waals surface area contributed by atoms with Crippen molar-refractivity contribution in [1.29, 1.82) is 0 Å². The number of fused-ring (bicyclic) bond motifs is 1. The lowest BCUT2D eigenvalue weighted by molar-refractivity contribution is 0.628. The van der Waals surface area contributed by atoms with E-state index in [1.807, 2.05) is 6.92 Å². The highest BCUT2D eigenvalue weighted by Gasteiger charge is 2.12. The molecule has 1 aromatic heterocycles. The van der Waals surface area contributed by atoms with Gasteiger partial charge in [-0.15, -0.1) is 0 Å². The first-order valence-electron chi connectivity index (χ1n) is 4.40. The molecule has 4 heteroatoms. The fourth-order valence-electron chi connectivity index (χ4n) is 1.57. The van der Waals surface area contributed by atoms with E-state index in [1.165, 1.54) is 12.1 Å². The molecule has 0 N–H and O–H groups in total. The van der Waals surface area contributed by atoms with E-state index in [0.29, 0.717) is 0 Å². The Bertz CT molecular complexity index is 476. The third kappa shape index (κ3) is 1.39. The minimum Gasteiger partial charge on any atom is -0.268 e. The fraction of sp³-hybridized carbons (Fsp3) is 0.300. The number of nitrogens with zero attached hydrogens (tertiary/aromatic N) is 2. The van der Waals surface area contributed by atoms with Crippen molar-refractivity contribution in [1.82, 2.24) is 9.78 Å². The van der Waals surface area contributed by atoms with Crippen LogP contribution in [0.5, 0.6) is 0 Å². The lowest BCUT2D eigenvalue weighted by Crippen LogP contribution is -1.92. The van der Waals surface area contributed by atoms with E-state index in [9.17, 15) is 4.39 Å². The Morgan fingerprint density at radius 3 is 2.86 bits per heavy atom. The summed E-state index contributed by atoms with van der Waals surface area (Å²) in [5.41, 5.74) is 1.70. The predicted molar refractivity (Wildman–Crippen MR) is 58.1 cm³/mol. The average Bonchev–Trinajstić information content (AvgIpc) is 2.44. The molecule has 0 aliphatic carbocycles. The molecule has 2 rings (SSSR count). The first kappa shape index (κ1) is 9.52. The lowest BCUT2D eigenvalue weighted by atomic mass is 10.2. The Hall–Kier alpha value is -1.03. The highest BCUT2D eigenvalue weighted by molar-refractivity contribution is 7.80. The summed E-state index contributed by atoms with van der Waals surface area (Å²) < 4.78 is 14.6. The molecule has 0 saturated carbocycles. The van der Waals surface area contributed by atoms with Crippen LogP contribution in [0.15, 0.2) is 18.2 Å². The standard InChI is InChI=1S/C10H11FN2S/c1-6(14)10-8-4-3-7(11)5-9(8)13(2)12-10/h3-6,14H,1-2H3.